The van der Waals surface area contributed by atoms with Crippen LogP contribution in [-0.4, -0.2) is 11.7 Å². The average Bonchev–Trinajstić information content (AvgIpc) is 1.86. The Hall–Kier alpha value is -0.110. The van der Waals surface area contributed by atoms with Gasteiger partial charge in [-0.05, 0) is 18.6 Å². The smallest absolute Gasteiger partial charge is 0.165 e. The molecule has 0 unspecified atom stereocenters. The van der Waals surface area contributed by atoms with E-state index in [0.717, 1.165) is 18.1 Å². The second-order valence-electron chi connectivity index (χ2n) is 2.77. The number of hydrogen-bond acceptors (Lipinski definition) is 2. The minimum Gasteiger partial charge on any atom is -0.486 e. The van der Waals surface area contributed by atoms with Crippen molar-refractivity contribution >= 4 is 17.3 Å². The highest BCUT2D eigenvalue weighted by Crippen LogP contribution is 2.28. The van der Waals surface area contributed by atoms with Crippen molar-refractivity contribution in [1.29, 1.82) is 0 Å². The van der Waals surface area contributed by atoms with Crippen LogP contribution in [0.3, 0.4) is 0 Å². The van der Waals surface area contributed by atoms with Gasteiger partial charge in [-0.15, -0.1) is 0 Å². The van der Waals surface area contributed by atoms with Gasteiger partial charge in [0.05, 0.1) is 6.61 Å². The third kappa shape index (κ3) is 0.848. The molecule has 0 atom stereocenters. The standard InChI is InChI=1S/C6H10OS/c1-6(2)3-4-7-5(6)8/h3-4H2,1-2H3. The van der Waals surface area contributed by atoms with E-state index < -0.39 is 0 Å². The molecule has 1 fully saturated rings. The Morgan fingerprint density at radius 3 is 2.38 bits per heavy atom. The molecule has 0 amide bonds. The molecule has 1 rings (SSSR count). The summed E-state index contributed by atoms with van der Waals surface area (Å²) >= 11 is 4.93. The fourth-order valence-corrected chi connectivity index (χ4v) is 0.882. The molecule has 0 aromatic rings. The van der Waals surface area contributed by atoms with Crippen molar-refractivity contribution in [3.63, 3.8) is 0 Å². The third-order valence-corrected chi connectivity index (χ3v) is 2.18. The summed E-state index contributed by atoms with van der Waals surface area (Å²) in [5.41, 5.74) is 0.162. The van der Waals surface area contributed by atoms with Crippen LogP contribution in [0.1, 0.15) is 20.3 Å². The number of rotatable bonds is 0. The van der Waals surface area contributed by atoms with E-state index in [1.165, 1.54) is 0 Å². The van der Waals surface area contributed by atoms with Gasteiger partial charge in [-0.2, -0.15) is 0 Å². The summed E-state index contributed by atoms with van der Waals surface area (Å²) in [5.74, 6) is 0. The van der Waals surface area contributed by atoms with Crippen LogP contribution < -0.4 is 0 Å². The number of thiocarbonyl (C=S) groups is 1. The molecule has 1 aliphatic rings. The largest absolute Gasteiger partial charge is 0.486 e. The summed E-state index contributed by atoms with van der Waals surface area (Å²) in [6.45, 7) is 5.04. The van der Waals surface area contributed by atoms with E-state index in [2.05, 4.69) is 13.8 Å². The summed E-state index contributed by atoms with van der Waals surface area (Å²) in [7, 11) is 0. The van der Waals surface area contributed by atoms with Crippen LogP contribution in [-0.2, 0) is 4.74 Å². The zero-order valence-electron chi connectivity index (χ0n) is 5.23. The van der Waals surface area contributed by atoms with Gasteiger partial charge < -0.3 is 4.74 Å². The number of ether oxygens (including phenoxy) is 1. The van der Waals surface area contributed by atoms with Gasteiger partial charge in [-0.25, -0.2) is 0 Å². The van der Waals surface area contributed by atoms with Crippen LogP contribution in [0.5, 0.6) is 0 Å². The molecule has 0 N–H and O–H groups in total. The molecule has 1 nitrogen and oxygen atoms in total. The van der Waals surface area contributed by atoms with Crippen LogP contribution >= 0.6 is 12.2 Å². The predicted octanol–water partition coefficient (Wildman–Crippen LogP) is 1.76. The van der Waals surface area contributed by atoms with Gasteiger partial charge in [0.1, 0.15) is 0 Å². The highest BCUT2D eigenvalue weighted by Gasteiger charge is 2.30. The van der Waals surface area contributed by atoms with Gasteiger partial charge in [0.15, 0.2) is 5.05 Å². The molecule has 8 heavy (non-hydrogen) atoms. The lowest BCUT2D eigenvalue weighted by molar-refractivity contribution is 0.350. The lowest BCUT2D eigenvalue weighted by atomic mass is 9.93. The summed E-state index contributed by atoms with van der Waals surface area (Å²) in [4.78, 5) is 0. The van der Waals surface area contributed by atoms with Gasteiger partial charge in [0.2, 0.25) is 0 Å². The first-order valence-corrected chi connectivity index (χ1v) is 3.21. The normalized spacial score (nSPS) is 25.5. The maximum Gasteiger partial charge on any atom is 0.165 e. The fourth-order valence-electron chi connectivity index (χ4n) is 0.696. The van der Waals surface area contributed by atoms with E-state index in [0.29, 0.717) is 0 Å². The van der Waals surface area contributed by atoms with Gasteiger partial charge in [-0.1, -0.05) is 13.8 Å². The van der Waals surface area contributed by atoms with Gasteiger partial charge in [0, 0.05) is 5.41 Å². The summed E-state index contributed by atoms with van der Waals surface area (Å²) in [6, 6.07) is 0. The van der Waals surface area contributed by atoms with Crippen molar-refractivity contribution < 1.29 is 4.74 Å². The highest BCUT2D eigenvalue weighted by atomic mass is 32.1. The summed E-state index contributed by atoms with van der Waals surface area (Å²) in [6.07, 6.45) is 1.08. The molecule has 0 aromatic heterocycles. The Balaban J connectivity index is 2.68. The minimum atomic E-state index is 0.162. The van der Waals surface area contributed by atoms with Crippen molar-refractivity contribution in [3.8, 4) is 0 Å². The second kappa shape index (κ2) is 1.69. The third-order valence-electron chi connectivity index (χ3n) is 1.51. The van der Waals surface area contributed by atoms with Crippen molar-refractivity contribution in [2.75, 3.05) is 6.61 Å². The number of hydrogen-bond donors (Lipinski definition) is 0. The van der Waals surface area contributed by atoms with Crippen LogP contribution in [0, 0.1) is 5.41 Å². The van der Waals surface area contributed by atoms with Crippen LogP contribution in [0.25, 0.3) is 0 Å². The molecule has 0 aromatic carbocycles. The maximum atomic E-state index is 5.10. The SMILES string of the molecule is CC1(C)CCOC1=S. The zero-order valence-corrected chi connectivity index (χ0v) is 6.05. The van der Waals surface area contributed by atoms with Crippen molar-refractivity contribution in [2.45, 2.75) is 20.3 Å². The molecule has 1 heterocycles. The molecule has 0 saturated carbocycles. The molecule has 0 bridgehead atoms. The topological polar surface area (TPSA) is 9.23 Å². The Labute approximate surface area is 55.0 Å². The van der Waals surface area contributed by atoms with Crippen LogP contribution in [0.4, 0.5) is 0 Å². The van der Waals surface area contributed by atoms with E-state index in [4.69, 9.17) is 17.0 Å². The lowest BCUT2D eigenvalue weighted by Gasteiger charge is -2.11. The molecule has 1 aliphatic heterocycles. The molecular weight excluding hydrogens is 120 g/mol. The van der Waals surface area contributed by atoms with Gasteiger partial charge in [0.25, 0.3) is 0 Å². The van der Waals surface area contributed by atoms with Crippen molar-refractivity contribution in [2.24, 2.45) is 5.41 Å². The molecule has 0 radical (unpaired) electrons. The molecule has 1 saturated heterocycles. The summed E-state index contributed by atoms with van der Waals surface area (Å²) < 4.78 is 5.10. The molecule has 0 aliphatic carbocycles. The molecule has 46 valence electrons. The Bertz CT molecular complexity index is 118. The van der Waals surface area contributed by atoms with Gasteiger partial charge in [-0.3, -0.25) is 0 Å². The fraction of sp³-hybridized carbons (Fsp3) is 0.833. The molecule has 0 spiro atoms. The first-order chi connectivity index (χ1) is 3.63. The second-order valence-corrected chi connectivity index (χ2v) is 3.14. The van der Waals surface area contributed by atoms with E-state index in [1.807, 2.05) is 0 Å². The van der Waals surface area contributed by atoms with Crippen molar-refractivity contribution in [3.05, 3.63) is 0 Å². The average molecular weight is 130 g/mol. The van der Waals surface area contributed by atoms with Crippen LogP contribution in [0.2, 0.25) is 0 Å². The van der Waals surface area contributed by atoms with E-state index in [9.17, 15) is 0 Å². The maximum absolute atomic E-state index is 5.10. The van der Waals surface area contributed by atoms with E-state index in [-0.39, 0.29) is 5.41 Å². The first kappa shape index (κ1) is 6.02. The Morgan fingerprint density at radius 1 is 1.62 bits per heavy atom. The van der Waals surface area contributed by atoms with Crippen LogP contribution in [0.15, 0.2) is 0 Å². The zero-order chi connectivity index (χ0) is 6.20. The molecule has 2 heteroatoms. The first-order valence-electron chi connectivity index (χ1n) is 2.80. The van der Waals surface area contributed by atoms with Crippen molar-refractivity contribution in [1.82, 2.24) is 0 Å². The summed E-state index contributed by atoms with van der Waals surface area (Å²) in [5, 5.41) is 0.775. The monoisotopic (exact) mass is 130 g/mol. The Kier molecular flexibility index (Phi) is 1.27. The van der Waals surface area contributed by atoms with E-state index in [1.54, 1.807) is 0 Å². The Morgan fingerprint density at radius 2 is 2.25 bits per heavy atom. The van der Waals surface area contributed by atoms with Gasteiger partial charge >= 0.3 is 0 Å². The molecular formula is C6H10OS. The predicted molar refractivity (Wildman–Crippen MR) is 36.9 cm³/mol. The quantitative estimate of drug-likeness (QED) is 0.462. The minimum absolute atomic E-state index is 0.162. The van der Waals surface area contributed by atoms with E-state index >= 15 is 0 Å². The lowest BCUT2D eigenvalue weighted by Crippen LogP contribution is -2.14. The highest BCUT2D eigenvalue weighted by molar-refractivity contribution is 7.80.